The van der Waals surface area contributed by atoms with E-state index >= 15 is 0 Å². The number of aldehydes is 1. The number of nitrogens with two attached hydrogens (primary N) is 1. The van der Waals surface area contributed by atoms with Gasteiger partial charge in [-0.2, -0.15) is 0 Å². The standard InChI is InChI=1S/C7H14N2O/c8-7-3-1-2-4-9(7)5-6-10/h6-7H,1-5,8H2. The maximum absolute atomic E-state index is 10.1. The third-order valence-corrected chi connectivity index (χ3v) is 1.97. The molecule has 1 heterocycles. The Labute approximate surface area is 61.2 Å². The van der Waals surface area contributed by atoms with Gasteiger partial charge in [0, 0.05) is 6.54 Å². The first-order chi connectivity index (χ1) is 4.84. The Balaban J connectivity index is 2.32. The molecule has 1 aliphatic heterocycles. The molecule has 1 fully saturated rings. The van der Waals surface area contributed by atoms with Crippen molar-refractivity contribution in [2.45, 2.75) is 25.4 Å². The van der Waals surface area contributed by atoms with Crippen LogP contribution in [0, 0.1) is 0 Å². The maximum Gasteiger partial charge on any atom is 0.134 e. The van der Waals surface area contributed by atoms with Crippen molar-refractivity contribution in [3.63, 3.8) is 0 Å². The van der Waals surface area contributed by atoms with Crippen LogP contribution in [-0.4, -0.2) is 30.4 Å². The molecule has 0 aromatic carbocycles. The van der Waals surface area contributed by atoms with E-state index < -0.39 is 0 Å². The fourth-order valence-corrected chi connectivity index (χ4v) is 1.34. The highest BCUT2D eigenvalue weighted by atomic mass is 16.1. The van der Waals surface area contributed by atoms with Gasteiger partial charge in [-0.25, -0.2) is 0 Å². The van der Waals surface area contributed by atoms with Crippen LogP contribution < -0.4 is 5.73 Å². The molecule has 3 heteroatoms. The Morgan fingerprint density at radius 1 is 1.60 bits per heavy atom. The SMILES string of the molecule is NC1CCCCN1CC=O. The number of carbonyl (C=O) groups excluding carboxylic acids is 1. The van der Waals surface area contributed by atoms with Gasteiger partial charge in [-0.15, -0.1) is 0 Å². The van der Waals surface area contributed by atoms with Crippen molar-refractivity contribution in [2.24, 2.45) is 5.73 Å². The second kappa shape index (κ2) is 3.68. The number of hydrogen-bond acceptors (Lipinski definition) is 3. The quantitative estimate of drug-likeness (QED) is 0.550. The summed E-state index contributed by atoms with van der Waals surface area (Å²) >= 11 is 0. The summed E-state index contributed by atoms with van der Waals surface area (Å²) < 4.78 is 0. The molecule has 3 nitrogen and oxygen atoms in total. The summed E-state index contributed by atoms with van der Waals surface area (Å²) in [6, 6.07) is 0. The van der Waals surface area contributed by atoms with E-state index in [1.165, 1.54) is 12.8 Å². The minimum Gasteiger partial charge on any atom is -0.316 e. The Bertz CT molecular complexity index is 116. The monoisotopic (exact) mass is 142 g/mol. The summed E-state index contributed by atoms with van der Waals surface area (Å²) in [5.74, 6) is 0. The van der Waals surface area contributed by atoms with E-state index in [1.807, 2.05) is 4.90 Å². The number of carbonyl (C=O) groups is 1. The molecule has 0 amide bonds. The van der Waals surface area contributed by atoms with E-state index in [0.29, 0.717) is 6.54 Å². The highest BCUT2D eigenvalue weighted by molar-refractivity contribution is 5.52. The molecule has 1 saturated heterocycles. The van der Waals surface area contributed by atoms with Crippen molar-refractivity contribution >= 4 is 6.29 Å². The van der Waals surface area contributed by atoms with Gasteiger partial charge in [0.1, 0.15) is 6.29 Å². The molecular formula is C7H14N2O. The topological polar surface area (TPSA) is 46.3 Å². The lowest BCUT2D eigenvalue weighted by molar-refractivity contribution is -0.109. The van der Waals surface area contributed by atoms with Gasteiger partial charge in [0.2, 0.25) is 0 Å². The molecule has 0 aromatic heterocycles. The lowest BCUT2D eigenvalue weighted by Crippen LogP contribution is -2.46. The molecule has 10 heavy (non-hydrogen) atoms. The lowest BCUT2D eigenvalue weighted by atomic mass is 10.1. The van der Waals surface area contributed by atoms with Crippen LogP contribution in [0.1, 0.15) is 19.3 Å². The molecule has 0 aromatic rings. The number of piperidine rings is 1. The second-order valence-corrected chi connectivity index (χ2v) is 2.72. The van der Waals surface area contributed by atoms with Crippen molar-refractivity contribution in [1.29, 1.82) is 0 Å². The third kappa shape index (κ3) is 1.78. The normalized spacial score (nSPS) is 28.3. The van der Waals surface area contributed by atoms with Crippen molar-refractivity contribution in [1.82, 2.24) is 4.90 Å². The van der Waals surface area contributed by atoms with Crippen LogP contribution in [0.5, 0.6) is 0 Å². The van der Waals surface area contributed by atoms with Gasteiger partial charge in [-0.3, -0.25) is 4.90 Å². The van der Waals surface area contributed by atoms with E-state index in [-0.39, 0.29) is 6.17 Å². The predicted octanol–water partition coefficient (Wildman–Crippen LogP) is -0.0440. The Morgan fingerprint density at radius 3 is 3.00 bits per heavy atom. The van der Waals surface area contributed by atoms with E-state index in [0.717, 1.165) is 19.3 Å². The van der Waals surface area contributed by atoms with Gasteiger partial charge in [-0.05, 0) is 19.3 Å². The van der Waals surface area contributed by atoms with Crippen LogP contribution in [0.3, 0.4) is 0 Å². The Hall–Kier alpha value is -0.410. The number of hydrogen-bond donors (Lipinski definition) is 1. The summed E-state index contributed by atoms with van der Waals surface area (Å²) in [6.07, 6.45) is 4.47. The summed E-state index contributed by atoms with van der Waals surface area (Å²) in [5.41, 5.74) is 5.73. The molecule has 1 rings (SSSR count). The Morgan fingerprint density at radius 2 is 2.40 bits per heavy atom. The van der Waals surface area contributed by atoms with Crippen molar-refractivity contribution < 1.29 is 4.79 Å². The summed E-state index contributed by atoms with van der Waals surface area (Å²) in [6.45, 7) is 1.49. The van der Waals surface area contributed by atoms with E-state index in [2.05, 4.69) is 0 Å². The zero-order chi connectivity index (χ0) is 7.40. The molecule has 1 aliphatic rings. The average Bonchev–Trinajstić information content (AvgIpc) is 1.94. The fourth-order valence-electron chi connectivity index (χ4n) is 1.34. The summed E-state index contributed by atoms with van der Waals surface area (Å²) in [4.78, 5) is 12.1. The largest absolute Gasteiger partial charge is 0.316 e. The molecule has 0 saturated carbocycles. The van der Waals surface area contributed by atoms with Gasteiger partial charge in [-0.1, -0.05) is 0 Å². The summed E-state index contributed by atoms with van der Waals surface area (Å²) in [7, 11) is 0. The van der Waals surface area contributed by atoms with Crippen LogP contribution in [0.2, 0.25) is 0 Å². The lowest BCUT2D eigenvalue weighted by Gasteiger charge is -2.30. The van der Waals surface area contributed by atoms with E-state index in [9.17, 15) is 4.79 Å². The first-order valence-corrected chi connectivity index (χ1v) is 3.78. The second-order valence-electron chi connectivity index (χ2n) is 2.72. The molecule has 58 valence electrons. The molecule has 1 unspecified atom stereocenters. The minimum atomic E-state index is 0.124. The maximum atomic E-state index is 10.1. The van der Waals surface area contributed by atoms with Gasteiger partial charge in [0.25, 0.3) is 0 Å². The number of likely N-dealkylation sites (tertiary alicyclic amines) is 1. The molecule has 0 aliphatic carbocycles. The molecule has 0 bridgehead atoms. The van der Waals surface area contributed by atoms with Crippen LogP contribution >= 0.6 is 0 Å². The predicted molar refractivity (Wildman–Crippen MR) is 39.5 cm³/mol. The zero-order valence-corrected chi connectivity index (χ0v) is 6.12. The number of nitrogens with zero attached hydrogens (tertiary/aromatic N) is 1. The van der Waals surface area contributed by atoms with Crippen molar-refractivity contribution in [2.75, 3.05) is 13.1 Å². The highest BCUT2D eigenvalue weighted by Crippen LogP contribution is 2.11. The number of rotatable bonds is 2. The van der Waals surface area contributed by atoms with Crippen LogP contribution in [0.25, 0.3) is 0 Å². The summed E-state index contributed by atoms with van der Waals surface area (Å²) in [5, 5.41) is 0. The van der Waals surface area contributed by atoms with E-state index in [1.54, 1.807) is 0 Å². The van der Waals surface area contributed by atoms with Crippen LogP contribution in [0.15, 0.2) is 0 Å². The smallest absolute Gasteiger partial charge is 0.134 e. The van der Waals surface area contributed by atoms with E-state index in [4.69, 9.17) is 5.73 Å². The fraction of sp³-hybridized carbons (Fsp3) is 0.857. The first kappa shape index (κ1) is 7.69. The Kier molecular flexibility index (Phi) is 2.83. The highest BCUT2D eigenvalue weighted by Gasteiger charge is 2.16. The van der Waals surface area contributed by atoms with Crippen molar-refractivity contribution in [3.05, 3.63) is 0 Å². The molecule has 2 N–H and O–H groups in total. The van der Waals surface area contributed by atoms with Crippen LogP contribution in [-0.2, 0) is 4.79 Å². The van der Waals surface area contributed by atoms with Gasteiger partial charge < -0.3 is 10.5 Å². The zero-order valence-electron chi connectivity index (χ0n) is 6.12. The van der Waals surface area contributed by atoms with Gasteiger partial charge >= 0.3 is 0 Å². The van der Waals surface area contributed by atoms with Gasteiger partial charge in [0.15, 0.2) is 0 Å². The van der Waals surface area contributed by atoms with Crippen LogP contribution in [0.4, 0.5) is 0 Å². The molecule has 0 radical (unpaired) electrons. The van der Waals surface area contributed by atoms with Gasteiger partial charge in [0.05, 0.1) is 12.7 Å². The molecule has 1 atom stereocenters. The third-order valence-electron chi connectivity index (χ3n) is 1.97. The molecule has 0 spiro atoms. The minimum absolute atomic E-state index is 0.124. The molecular weight excluding hydrogens is 128 g/mol. The van der Waals surface area contributed by atoms with Crippen molar-refractivity contribution in [3.8, 4) is 0 Å². The average molecular weight is 142 g/mol. The first-order valence-electron chi connectivity index (χ1n) is 3.78.